The summed E-state index contributed by atoms with van der Waals surface area (Å²) >= 11 is 0. The third-order valence-electron chi connectivity index (χ3n) is 5.52. The van der Waals surface area contributed by atoms with Crippen molar-refractivity contribution in [2.24, 2.45) is 5.92 Å². The van der Waals surface area contributed by atoms with E-state index in [-0.39, 0.29) is 17.7 Å². The highest BCUT2D eigenvalue weighted by atomic mass is 16.6. The van der Waals surface area contributed by atoms with Crippen LogP contribution in [0.25, 0.3) is 0 Å². The molecule has 0 aromatic heterocycles. The predicted octanol–water partition coefficient (Wildman–Crippen LogP) is 3.19. The number of rotatable bonds is 2. The van der Waals surface area contributed by atoms with E-state index in [1.807, 2.05) is 68.4 Å². The molecule has 122 valence electrons. The number of fused-ring (bicyclic) bond motifs is 2. The number of hydrogen-bond donors (Lipinski definition) is 0. The zero-order chi connectivity index (χ0) is 17.1. The first-order chi connectivity index (χ1) is 11.4. The van der Waals surface area contributed by atoms with E-state index in [9.17, 15) is 9.59 Å². The molecule has 24 heavy (non-hydrogen) atoms. The van der Waals surface area contributed by atoms with Gasteiger partial charge in [-0.05, 0) is 31.0 Å². The molecule has 5 rings (SSSR count). The van der Waals surface area contributed by atoms with Crippen LogP contribution in [0.3, 0.4) is 0 Å². The maximum atomic E-state index is 13.4. The first-order valence-electron chi connectivity index (χ1n) is 8.13. The van der Waals surface area contributed by atoms with Crippen LogP contribution in [-0.2, 0) is 19.9 Å². The molecule has 2 aromatic rings. The summed E-state index contributed by atoms with van der Waals surface area (Å²) < 4.78 is 6.02. The molecule has 3 aliphatic rings. The summed E-state index contributed by atoms with van der Waals surface area (Å²) in [6.45, 7) is 5.60. The summed E-state index contributed by atoms with van der Waals surface area (Å²) in [6, 6.07) is 16.9. The molecule has 2 aromatic carbocycles. The van der Waals surface area contributed by atoms with E-state index < -0.39 is 11.2 Å². The Morgan fingerprint density at radius 2 is 1.58 bits per heavy atom. The fourth-order valence-corrected chi connectivity index (χ4v) is 3.93. The Kier molecular flexibility index (Phi) is 3.00. The lowest BCUT2D eigenvalue weighted by atomic mass is 9.62. The lowest BCUT2D eigenvalue weighted by Gasteiger charge is -2.63. The highest BCUT2D eigenvalue weighted by Gasteiger charge is 2.75. The molecular formula is C20H19NO3. The monoisotopic (exact) mass is 321 g/mol. The Morgan fingerprint density at radius 3 is 2.21 bits per heavy atom. The zero-order valence-electron chi connectivity index (χ0n) is 13.9. The minimum absolute atomic E-state index is 0.215. The number of piperidine rings is 1. The second-order valence-corrected chi connectivity index (χ2v) is 6.76. The molecule has 3 atom stereocenters. The van der Waals surface area contributed by atoms with Crippen LogP contribution < -0.4 is 4.90 Å². The number of anilines is 1. The Balaban J connectivity index is 1.89. The third-order valence-corrected chi connectivity index (χ3v) is 5.52. The molecule has 0 spiro atoms. The number of amides is 2. The van der Waals surface area contributed by atoms with Gasteiger partial charge < -0.3 is 4.74 Å². The molecule has 3 aliphatic heterocycles. The van der Waals surface area contributed by atoms with Crippen molar-refractivity contribution in [3.8, 4) is 0 Å². The van der Waals surface area contributed by atoms with Crippen LogP contribution in [0.15, 0.2) is 54.6 Å². The average Bonchev–Trinajstić information content (AvgIpc) is 2.60. The van der Waals surface area contributed by atoms with E-state index >= 15 is 0 Å². The molecule has 3 heterocycles. The second-order valence-electron chi connectivity index (χ2n) is 6.76. The topological polar surface area (TPSA) is 46.6 Å². The molecule has 4 heteroatoms. The van der Waals surface area contributed by atoms with Gasteiger partial charge in [0.15, 0.2) is 11.2 Å². The molecule has 4 nitrogen and oxygen atoms in total. The number of para-hydroxylation sites is 1. The molecule has 2 amide bonds. The molecule has 0 saturated carbocycles. The zero-order valence-corrected chi connectivity index (χ0v) is 13.9. The molecule has 0 radical (unpaired) electrons. The molecule has 0 N–H and O–H groups in total. The number of benzene rings is 2. The second kappa shape index (κ2) is 4.77. The van der Waals surface area contributed by atoms with Crippen molar-refractivity contribution >= 4 is 17.5 Å². The van der Waals surface area contributed by atoms with E-state index in [1.165, 1.54) is 4.90 Å². The standard InChI is InChI=1S/C20H19NO3/c1-13-9-7-8-12-16(13)21-17(22)19(3)14(2)20(24-19,18(21)23)15-10-5-4-6-11-15/h4-12,14H,1-3H3/t14-,19-,20-/m1/s1. The Labute approximate surface area is 141 Å². The van der Waals surface area contributed by atoms with E-state index in [0.29, 0.717) is 5.69 Å². The van der Waals surface area contributed by atoms with Crippen molar-refractivity contribution in [2.75, 3.05) is 4.90 Å². The smallest absolute Gasteiger partial charge is 0.271 e. The van der Waals surface area contributed by atoms with Crippen molar-refractivity contribution in [2.45, 2.75) is 32.0 Å². The summed E-state index contributed by atoms with van der Waals surface area (Å²) in [5, 5.41) is 0. The number of imide groups is 1. The van der Waals surface area contributed by atoms with Crippen LogP contribution in [0.5, 0.6) is 0 Å². The van der Waals surface area contributed by atoms with Gasteiger partial charge in [-0.2, -0.15) is 0 Å². The Morgan fingerprint density at radius 1 is 0.958 bits per heavy atom. The van der Waals surface area contributed by atoms with Crippen molar-refractivity contribution in [3.63, 3.8) is 0 Å². The molecule has 0 aliphatic carbocycles. The Bertz CT molecular complexity index is 847. The number of hydrogen-bond acceptors (Lipinski definition) is 3. The lowest BCUT2D eigenvalue weighted by Crippen LogP contribution is -2.81. The quantitative estimate of drug-likeness (QED) is 0.798. The normalized spacial score (nSPS) is 31.8. The minimum Gasteiger partial charge on any atom is -0.343 e. The molecule has 2 bridgehead atoms. The Hall–Kier alpha value is -2.46. The van der Waals surface area contributed by atoms with Gasteiger partial charge in [0, 0.05) is 5.92 Å². The highest BCUT2D eigenvalue weighted by molar-refractivity contribution is 6.25. The van der Waals surface area contributed by atoms with E-state index in [2.05, 4.69) is 0 Å². The first kappa shape index (κ1) is 15.1. The average molecular weight is 321 g/mol. The van der Waals surface area contributed by atoms with Crippen molar-refractivity contribution in [1.29, 1.82) is 0 Å². The molecule has 0 unspecified atom stereocenters. The number of morpholine rings is 1. The summed E-state index contributed by atoms with van der Waals surface area (Å²) in [5.41, 5.74) is 0.248. The largest absolute Gasteiger partial charge is 0.343 e. The number of nitrogens with zero attached hydrogens (tertiary/aromatic N) is 1. The summed E-state index contributed by atoms with van der Waals surface area (Å²) in [7, 11) is 0. The number of carbonyl (C=O) groups excluding carboxylic acids is 2. The molecule has 3 saturated heterocycles. The van der Waals surface area contributed by atoms with Crippen molar-refractivity contribution < 1.29 is 14.3 Å². The minimum atomic E-state index is -1.09. The lowest BCUT2D eigenvalue weighted by molar-refractivity contribution is -0.298. The van der Waals surface area contributed by atoms with Gasteiger partial charge in [-0.1, -0.05) is 55.5 Å². The van der Waals surface area contributed by atoms with Crippen LogP contribution >= 0.6 is 0 Å². The van der Waals surface area contributed by atoms with Gasteiger partial charge in [0.05, 0.1) is 5.69 Å². The maximum absolute atomic E-state index is 13.4. The van der Waals surface area contributed by atoms with Crippen LogP contribution in [0.4, 0.5) is 5.69 Å². The van der Waals surface area contributed by atoms with Gasteiger partial charge in [-0.15, -0.1) is 0 Å². The first-order valence-corrected chi connectivity index (χ1v) is 8.13. The third kappa shape index (κ3) is 1.61. The summed E-state index contributed by atoms with van der Waals surface area (Å²) in [6.07, 6.45) is 0. The van der Waals surface area contributed by atoms with Gasteiger partial charge >= 0.3 is 0 Å². The van der Waals surface area contributed by atoms with Gasteiger partial charge in [0.25, 0.3) is 11.8 Å². The van der Waals surface area contributed by atoms with Gasteiger partial charge in [-0.25, -0.2) is 4.90 Å². The number of carbonyl (C=O) groups is 2. The maximum Gasteiger partial charge on any atom is 0.271 e. The summed E-state index contributed by atoms with van der Waals surface area (Å²) in [4.78, 5) is 27.7. The van der Waals surface area contributed by atoms with E-state index in [0.717, 1.165) is 11.1 Å². The SMILES string of the molecule is Cc1ccccc1N1C(=O)[C@]2(C)O[C@](c3ccccc3)(C1=O)[C@@H]2C. The molecular weight excluding hydrogens is 302 g/mol. The van der Waals surface area contributed by atoms with Crippen LogP contribution in [0.2, 0.25) is 0 Å². The fourth-order valence-electron chi connectivity index (χ4n) is 3.93. The number of aryl methyl sites for hydroxylation is 1. The van der Waals surface area contributed by atoms with Gasteiger partial charge in [0.1, 0.15) is 0 Å². The van der Waals surface area contributed by atoms with Crippen LogP contribution in [-0.4, -0.2) is 17.4 Å². The molecule has 3 fully saturated rings. The van der Waals surface area contributed by atoms with Crippen molar-refractivity contribution in [3.05, 3.63) is 65.7 Å². The van der Waals surface area contributed by atoms with Gasteiger partial charge in [0.2, 0.25) is 0 Å². The fraction of sp³-hybridized carbons (Fsp3) is 0.300. The van der Waals surface area contributed by atoms with Crippen LogP contribution in [0.1, 0.15) is 25.0 Å². The van der Waals surface area contributed by atoms with Gasteiger partial charge in [-0.3, -0.25) is 9.59 Å². The number of ether oxygens (including phenoxy) is 1. The summed E-state index contributed by atoms with van der Waals surface area (Å²) in [5.74, 6) is -0.802. The van der Waals surface area contributed by atoms with E-state index in [4.69, 9.17) is 4.74 Å². The highest BCUT2D eigenvalue weighted by Crippen LogP contribution is 2.59. The van der Waals surface area contributed by atoms with Crippen LogP contribution in [0, 0.1) is 12.8 Å². The van der Waals surface area contributed by atoms with Crippen molar-refractivity contribution in [1.82, 2.24) is 0 Å². The predicted molar refractivity (Wildman–Crippen MR) is 90.4 cm³/mol. The van der Waals surface area contributed by atoms with E-state index in [1.54, 1.807) is 6.92 Å².